The number of anilines is 1. The molecule has 132 valence electrons. The van der Waals surface area contributed by atoms with Gasteiger partial charge >= 0.3 is 5.97 Å². The molecule has 0 bridgehead atoms. The number of benzene rings is 2. The molecule has 1 aliphatic rings. The average Bonchev–Trinajstić information content (AvgIpc) is 2.56. The lowest BCUT2D eigenvalue weighted by Gasteiger charge is -2.21. The molecule has 0 spiro atoms. The van der Waals surface area contributed by atoms with Crippen LogP contribution in [-0.2, 0) is 10.0 Å². The van der Waals surface area contributed by atoms with Crippen LogP contribution in [0, 0.1) is 5.82 Å². The molecular formula is C15H11ClFNO6S. The molecule has 0 saturated carbocycles. The molecule has 2 aromatic carbocycles. The number of fused-ring (bicyclic) bond motifs is 1. The molecular weight excluding hydrogens is 377 g/mol. The van der Waals surface area contributed by atoms with Crippen LogP contribution in [0.5, 0.6) is 11.5 Å². The van der Waals surface area contributed by atoms with Gasteiger partial charge in [0.1, 0.15) is 24.6 Å². The second kappa shape index (κ2) is 6.41. The molecule has 2 aromatic rings. The summed E-state index contributed by atoms with van der Waals surface area (Å²) in [6.45, 7) is 0.313. The van der Waals surface area contributed by atoms with Crippen LogP contribution in [0.25, 0.3) is 0 Å². The highest BCUT2D eigenvalue weighted by atomic mass is 35.5. The average molecular weight is 388 g/mol. The normalized spacial score (nSPS) is 13.4. The molecule has 7 nitrogen and oxygen atoms in total. The van der Waals surface area contributed by atoms with E-state index in [-0.39, 0.29) is 45.9 Å². The highest BCUT2D eigenvalue weighted by Crippen LogP contribution is 2.37. The van der Waals surface area contributed by atoms with E-state index in [4.69, 9.17) is 21.1 Å². The van der Waals surface area contributed by atoms with Crippen LogP contribution < -0.4 is 14.2 Å². The fourth-order valence-corrected chi connectivity index (χ4v) is 3.42. The van der Waals surface area contributed by atoms with Crippen LogP contribution >= 0.6 is 11.6 Å². The van der Waals surface area contributed by atoms with E-state index < -0.39 is 21.8 Å². The smallest absolute Gasteiger partial charge is 0.339 e. The Morgan fingerprint density at radius 3 is 2.60 bits per heavy atom. The van der Waals surface area contributed by atoms with E-state index in [0.29, 0.717) is 0 Å². The maximum Gasteiger partial charge on any atom is 0.339 e. The molecule has 1 aliphatic heterocycles. The van der Waals surface area contributed by atoms with E-state index >= 15 is 0 Å². The number of ether oxygens (including phenoxy) is 2. The van der Waals surface area contributed by atoms with Gasteiger partial charge in [-0.15, -0.1) is 0 Å². The Labute approximate surface area is 147 Å². The van der Waals surface area contributed by atoms with Crippen LogP contribution in [0.2, 0.25) is 5.02 Å². The molecule has 0 aromatic heterocycles. The van der Waals surface area contributed by atoms with Crippen molar-refractivity contribution < 1.29 is 32.2 Å². The van der Waals surface area contributed by atoms with Gasteiger partial charge in [-0.1, -0.05) is 11.6 Å². The summed E-state index contributed by atoms with van der Waals surface area (Å²) in [5.41, 5.74) is -0.409. The maximum absolute atomic E-state index is 13.5. The van der Waals surface area contributed by atoms with Crippen LogP contribution in [0.3, 0.4) is 0 Å². The Morgan fingerprint density at radius 1 is 1.20 bits per heavy atom. The van der Waals surface area contributed by atoms with E-state index in [0.717, 1.165) is 18.2 Å². The van der Waals surface area contributed by atoms with Gasteiger partial charge in [0.05, 0.1) is 15.6 Å². The quantitative estimate of drug-likeness (QED) is 0.836. The number of sulfonamides is 1. The Morgan fingerprint density at radius 2 is 1.92 bits per heavy atom. The molecule has 0 saturated heterocycles. The molecule has 25 heavy (non-hydrogen) atoms. The zero-order valence-corrected chi connectivity index (χ0v) is 14.0. The zero-order valence-electron chi connectivity index (χ0n) is 12.5. The zero-order chi connectivity index (χ0) is 18.2. The third-order valence-corrected chi connectivity index (χ3v) is 5.00. The first kappa shape index (κ1) is 17.3. The molecule has 0 amide bonds. The van der Waals surface area contributed by atoms with Gasteiger partial charge in [0.2, 0.25) is 0 Å². The Balaban J connectivity index is 2.03. The minimum Gasteiger partial charge on any atom is -0.486 e. The molecule has 1 heterocycles. The van der Waals surface area contributed by atoms with Crippen molar-refractivity contribution >= 4 is 33.3 Å². The topological polar surface area (TPSA) is 102 Å². The summed E-state index contributed by atoms with van der Waals surface area (Å²) in [5, 5.41) is 9.12. The van der Waals surface area contributed by atoms with Gasteiger partial charge in [-0.05, 0) is 24.3 Å². The highest BCUT2D eigenvalue weighted by molar-refractivity contribution is 7.92. The van der Waals surface area contributed by atoms with Crippen molar-refractivity contribution in [1.82, 2.24) is 0 Å². The monoisotopic (exact) mass is 387 g/mol. The Kier molecular flexibility index (Phi) is 4.44. The molecule has 3 rings (SSSR count). The molecule has 0 atom stereocenters. The summed E-state index contributed by atoms with van der Waals surface area (Å²) in [6.07, 6.45) is 0. The van der Waals surface area contributed by atoms with Gasteiger partial charge < -0.3 is 14.6 Å². The van der Waals surface area contributed by atoms with Crippen molar-refractivity contribution in [3.8, 4) is 11.5 Å². The number of carboxylic acid groups (broad SMARTS) is 1. The van der Waals surface area contributed by atoms with Crippen molar-refractivity contribution in [3.05, 3.63) is 46.7 Å². The van der Waals surface area contributed by atoms with Crippen LogP contribution in [-0.4, -0.2) is 32.7 Å². The summed E-state index contributed by atoms with van der Waals surface area (Å²) < 4.78 is 51.2. The predicted molar refractivity (Wildman–Crippen MR) is 86.6 cm³/mol. The fourth-order valence-electron chi connectivity index (χ4n) is 2.22. The molecule has 2 N–H and O–H groups in total. The summed E-state index contributed by atoms with van der Waals surface area (Å²) >= 11 is 5.56. The maximum atomic E-state index is 13.5. The molecule has 0 aliphatic carbocycles. The largest absolute Gasteiger partial charge is 0.486 e. The van der Waals surface area contributed by atoms with Gasteiger partial charge in [-0.25, -0.2) is 17.6 Å². The number of carbonyl (C=O) groups is 1. The van der Waals surface area contributed by atoms with E-state index in [9.17, 15) is 22.7 Å². The first-order valence-electron chi connectivity index (χ1n) is 6.93. The van der Waals surface area contributed by atoms with Crippen LogP contribution in [0.15, 0.2) is 35.2 Å². The predicted octanol–water partition coefficient (Wildman–Crippen LogP) is 2.75. The lowest BCUT2D eigenvalue weighted by Crippen LogP contribution is -2.20. The van der Waals surface area contributed by atoms with E-state index in [1.54, 1.807) is 0 Å². The minimum absolute atomic E-state index is 0.00816. The SMILES string of the molecule is O=C(O)c1cc(S(=O)(=O)Nc2ccc(Cl)c(F)c2)cc2c1OCCO2. The van der Waals surface area contributed by atoms with Crippen molar-refractivity contribution in [1.29, 1.82) is 0 Å². The van der Waals surface area contributed by atoms with E-state index in [2.05, 4.69) is 4.72 Å². The van der Waals surface area contributed by atoms with Crippen molar-refractivity contribution in [2.75, 3.05) is 17.9 Å². The van der Waals surface area contributed by atoms with Gasteiger partial charge in [0.15, 0.2) is 11.5 Å². The Bertz CT molecular complexity index is 963. The van der Waals surface area contributed by atoms with Gasteiger partial charge in [0, 0.05) is 6.07 Å². The number of rotatable bonds is 4. The molecule has 0 radical (unpaired) electrons. The van der Waals surface area contributed by atoms with Crippen molar-refractivity contribution in [2.24, 2.45) is 0 Å². The second-order valence-electron chi connectivity index (χ2n) is 5.03. The number of aromatic carboxylic acids is 1. The second-order valence-corrected chi connectivity index (χ2v) is 7.12. The standard InChI is InChI=1S/C15H11ClFNO6S/c16-11-2-1-8(5-12(11)17)18-25(21,22)9-6-10(15(19)20)14-13(7-9)23-3-4-24-14/h1-2,5-7,18H,3-4H2,(H,19,20). The van der Waals surface area contributed by atoms with Crippen molar-refractivity contribution in [3.63, 3.8) is 0 Å². The first-order valence-corrected chi connectivity index (χ1v) is 8.79. The van der Waals surface area contributed by atoms with Gasteiger partial charge in [-0.3, -0.25) is 4.72 Å². The van der Waals surface area contributed by atoms with Crippen LogP contribution in [0.1, 0.15) is 10.4 Å². The summed E-state index contributed by atoms with van der Waals surface area (Å²) in [5.74, 6) is -2.18. The third-order valence-electron chi connectivity index (χ3n) is 3.33. The van der Waals surface area contributed by atoms with E-state index in [1.807, 2.05) is 0 Å². The highest BCUT2D eigenvalue weighted by Gasteiger charge is 2.26. The lowest BCUT2D eigenvalue weighted by molar-refractivity contribution is 0.0685. The first-order chi connectivity index (χ1) is 11.8. The van der Waals surface area contributed by atoms with Crippen molar-refractivity contribution in [2.45, 2.75) is 4.90 Å². The molecule has 0 unspecified atom stereocenters. The summed E-state index contributed by atoms with van der Waals surface area (Å²) in [7, 11) is -4.19. The number of carboxylic acids is 1. The number of hydrogen-bond acceptors (Lipinski definition) is 5. The fraction of sp³-hybridized carbons (Fsp3) is 0.133. The summed E-state index contributed by atoms with van der Waals surface area (Å²) in [4.78, 5) is 11.0. The van der Waals surface area contributed by atoms with Gasteiger partial charge in [0.25, 0.3) is 10.0 Å². The van der Waals surface area contributed by atoms with Gasteiger partial charge in [-0.2, -0.15) is 0 Å². The number of nitrogens with one attached hydrogen (secondary N) is 1. The minimum atomic E-state index is -4.19. The lowest BCUT2D eigenvalue weighted by atomic mass is 10.2. The number of hydrogen-bond donors (Lipinski definition) is 2. The Hall–Kier alpha value is -2.52. The van der Waals surface area contributed by atoms with Crippen LogP contribution in [0.4, 0.5) is 10.1 Å². The molecule has 10 heteroatoms. The number of halogens is 2. The molecule has 0 fully saturated rings. The van der Waals surface area contributed by atoms with E-state index in [1.165, 1.54) is 12.1 Å². The summed E-state index contributed by atoms with van der Waals surface area (Å²) in [6, 6.07) is 5.48. The third kappa shape index (κ3) is 3.47.